The van der Waals surface area contributed by atoms with E-state index in [4.69, 9.17) is 16.3 Å². The normalized spacial score (nSPS) is 10.7. The quantitative estimate of drug-likeness (QED) is 0.395. The van der Waals surface area contributed by atoms with Crippen molar-refractivity contribution in [1.29, 1.82) is 0 Å². The van der Waals surface area contributed by atoms with Crippen molar-refractivity contribution in [3.05, 3.63) is 84.9 Å². The average molecular weight is 374 g/mol. The van der Waals surface area contributed by atoms with E-state index in [1.165, 1.54) is 16.5 Å². The average Bonchev–Trinajstić information content (AvgIpc) is 2.59. The maximum absolute atomic E-state index is 12.2. The van der Waals surface area contributed by atoms with E-state index in [0.29, 0.717) is 5.65 Å². The number of aryl methyl sites for hydroxylation is 1. The summed E-state index contributed by atoms with van der Waals surface area (Å²) < 4.78 is 6.51. The summed E-state index contributed by atoms with van der Waals surface area (Å²) in [6, 6.07) is 10.0. The standard InChI is InChI=1S/C17H12ClN3O5/c1-10-3-2-4-15-19-12(8-16(22)20(10)15)9-26-17(23)13-7-11(18)5-6-14(13)21(24)25/h2-8H,9H2,1H3. The minimum Gasteiger partial charge on any atom is -0.455 e. The first kappa shape index (κ1) is 17.6. The fourth-order valence-electron chi connectivity index (χ4n) is 2.49. The highest BCUT2D eigenvalue weighted by Crippen LogP contribution is 2.23. The van der Waals surface area contributed by atoms with Crippen LogP contribution < -0.4 is 5.56 Å². The molecule has 8 nitrogen and oxygen atoms in total. The molecule has 0 unspecified atom stereocenters. The van der Waals surface area contributed by atoms with Gasteiger partial charge in [-0.1, -0.05) is 17.7 Å². The lowest BCUT2D eigenvalue weighted by Gasteiger charge is -2.08. The van der Waals surface area contributed by atoms with Crippen LogP contribution in [0.25, 0.3) is 5.65 Å². The van der Waals surface area contributed by atoms with Gasteiger partial charge in [-0.05, 0) is 31.2 Å². The van der Waals surface area contributed by atoms with E-state index >= 15 is 0 Å². The Balaban J connectivity index is 1.87. The Morgan fingerprint density at radius 3 is 2.81 bits per heavy atom. The van der Waals surface area contributed by atoms with E-state index in [9.17, 15) is 19.7 Å². The zero-order valence-corrected chi connectivity index (χ0v) is 14.3. The Labute approximate surface area is 151 Å². The van der Waals surface area contributed by atoms with Crippen LogP contribution in [0.4, 0.5) is 5.69 Å². The van der Waals surface area contributed by atoms with E-state index in [0.717, 1.165) is 17.8 Å². The Hall–Kier alpha value is -3.26. The van der Waals surface area contributed by atoms with Crippen LogP contribution in [0.1, 0.15) is 21.7 Å². The number of fused-ring (bicyclic) bond motifs is 1. The summed E-state index contributed by atoms with van der Waals surface area (Å²) in [7, 11) is 0. The molecule has 3 rings (SSSR count). The van der Waals surface area contributed by atoms with Crippen molar-refractivity contribution in [3.8, 4) is 0 Å². The lowest BCUT2D eigenvalue weighted by atomic mass is 10.2. The van der Waals surface area contributed by atoms with Crippen LogP contribution in [0.5, 0.6) is 0 Å². The summed E-state index contributed by atoms with van der Waals surface area (Å²) in [5.41, 5.74) is 0.374. The minimum absolute atomic E-state index is 0.167. The van der Waals surface area contributed by atoms with E-state index in [-0.39, 0.29) is 28.4 Å². The number of benzene rings is 1. The highest BCUT2D eigenvalue weighted by atomic mass is 35.5. The van der Waals surface area contributed by atoms with Crippen molar-refractivity contribution >= 4 is 28.9 Å². The number of carbonyl (C=O) groups is 1. The van der Waals surface area contributed by atoms with Crippen molar-refractivity contribution in [2.45, 2.75) is 13.5 Å². The molecule has 0 spiro atoms. The van der Waals surface area contributed by atoms with Gasteiger partial charge in [0.05, 0.1) is 10.6 Å². The number of aromatic nitrogens is 2. The fraction of sp³-hybridized carbons (Fsp3) is 0.118. The summed E-state index contributed by atoms with van der Waals surface area (Å²) in [6.07, 6.45) is 0. The van der Waals surface area contributed by atoms with Gasteiger partial charge in [0.15, 0.2) is 0 Å². The number of hydrogen-bond acceptors (Lipinski definition) is 6. The number of nitro groups is 1. The highest BCUT2D eigenvalue weighted by molar-refractivity contribution is 6.31. The molecule has 2 aromatic heterocycles. The van der Waals surface area contributed by atoms with Gasteiger partial charge in [0.25, 0.3) is 11.2 Å². The predicted octanol–water partition coefficient (Wildman–Crippen LogP) is 2.92. The molecule has 2 heterocycles. The van der Waals surface area contributed by atoms with Gasteiger partial charge < -0.3 is 4.74 Å². The third kappa shape index (κ3) is 3.40. The summed E-state index contributed by atoms with van der Waals surface area (Å²) >= 11 is 5.80. The molecule has 0 aliphatic heterocycles. The van der Waals surface area contributed by atoms with Gasteiger partial charge in [-0.15, -0.1) is 0 Å². The molecule has 0 saturated carbocycles. The van der Waals surface area contributed by atoms with E-state index < -0.39 is 16.6 Å². The van der Waals surface area contributed by atoms with Crippen LogP contribution in [-0.2, 0) is 11.3 Å². The second-order valence-electron chi connectivity index (χ2n) is 5.44. The minimum atomic E-state index is -0.926. The summed E-state index contributed by atoms with van der Waals surface area (Å²) in [4.78, 5) is 39.0. The third-order valence-corrected chi connectivity index (χ3v) is 3.89. The lowest BCUT2D eigenvalue weighted by Crippen LogP contribution is -2.18. The van der Waals surface area contributed by atoms with E-state index in [1.807, 2.05) is 0 Å². The summed E-state index contributed by atoms with van der Waals surface area (Å²) in [6.45, 7) is 1.47. The summed E-state index contributed by atoms with van der Waals surface area (Å²) in [5, 5.41) is 11.2. The van der Waals surface area contributed by atoms with Gasteiger partial charge in [-0.3, -0.25) is 19.3 Å². The van der Waals surface area contributed by atoms with Gasteiger partial charge in [-0.25, -0.2) is 9.78 Å². The maximum Gasteiger partial charge on any atom is 0.345 e. The first-order valence-corrected chi connectivity index (χ1v) is 7.84. The van der Waals surface area contributed by atoms with E-state index in [2.05, 4.69) is 4.98 Å². The third-order valence-electron chi connectivity index (χ3n) is 3.66. The smallest absolute Gasteiger partial charge is 0.345 e. The van der Waals surface area contributed by atoms with Gasteiger partial charge in [0, 0.05) is 22.8 Å². The Morgan fingerprint density at radius 1 is 1.31 bits per heavy atom. The van der Waals surface area contributed by atoms with Crippen molar-refractivity contribution in [2.75, 3.05) is 0 Å². The van der Waals surface area contributed by atoms with Crippen molar-refractivity contribution in [3.63, 3.8) is 0 Å². The number of halogens is 1. The van der Waals surface area contributed by atoms with Crippen molar-refractivity contribution in [2.24, 2.45) is 0 Å². The number of ether oxygens (including phenoxy) is 1. The lowest BCUT2D eigenvalue weighted by molar-refractivity contribution is -0.385. The Kier molecular flexibility index (Phi) is 4.68. The molecule has 3 aromatic rings. The number of pyridine rings is 1. The van der Waals surface area contributed by atoms with Gasteiger partial charge >= 0.3 is 5.97 Å². The second kappa shape index (κ2) is 6.93. The van der Waals surface area contributed by atoms with Crippen LogP contribution >= 0.6 is 11.6 Å². The molecule has 0 N–H and O–H groups in total. The number of rotatable bonds is 4. The summed E-state index contributed by atoms with van der Waals surface area (Å²) in [5.74, 6) is -0.926. The number of hydrogen-bond donors (Lipinski definition) is 0. The molecular formula is C17H12ClN3O5. The van der Waals surface area contributed by atoms with Crippen molar-refractivity contribution < 1.29 is 14.5 Å². The number of carbonyl (C=O) groups excluding carboxylic acids is 1. The first-order chi connectivity index (χ1) is 12.4. The zero-order valence-electron chi connectivity index (χ0n) is 13.5. The molecule has 0 amide bonds. The molecule has 132 valence electrons. The SMILES string of the molecule is Cc1cccc2nc(COC(=O)c3cc(Cl)ccc3[N+](=O)[O-])cc(=O)n12. The maximum atomic E-state index is 12.2. The van der Waals surface area contributed by atoms with Crippen LogP contribution in [0.15, 0.2) is 47.3 Å². The molecule has 0 fully saturated rings. The topological polar surface area (TPSA) is 104 Å². The molecule has 0 atom stereocenters. The first-order valence-electron chi connectivity index (χ1n) is 7.46. The molecule has 9 heteroatoms. The molecule has 0 saturated heterocycles. The monoisotopic (exact) mass is 373 g/mol. The molecule has 26 heavy (non-hydrogen) atoms. The van der Waals surface area contributed by atoms with Crippen molar-refractivity contribution in [1.82, 2.24) is 9.38 Å². The van der Waals surface area contributed by atoms with Crippen LogP contribution in [-0.4, -0.2) is 20.3 Å². The van der Waals surface area contributed by atoms with Crippen LogP contribution in [0.2, 0.25) is 5.02 Å². The highest BCUT2D eigenvalue weighted by Gasteiger charge is 2.22. The number of nitrogens with zero attached hydrogens (tertiary/aromatic N) is 3. The molecule has 0 aliphatic rings. The number of esters is 1. The fourth-order valence-corrected chi connectivity index (χ4v) is 2.66. The van der Waals surface area contributed by atoms with E-state index in [1.54, 1.807) is 25.1 Å². The zero-order chi connectivity index (χ0) is 18.8. The molecule has 0 radical (unpaired) electrons. The largest absolute Gasteiger partial charge is 0.455 e. The Bertz CT molecular complexity index is 1090. The van der Waals surface area contributed by atoms with Gasteiger partial charge in [-0.2, -0.15) is 0 Å². The predicted molar refractivity (Wildman–Crippen MR) is 93.4 cm³/mol. The second-order valence-corrected chi connectivity index (χ2v) is 5.88. The van der Waals surface area contributed by atoms with Crippen LogP contribution in [0.3, 0.4) is 0 Å². The van der Waals surface area contributed by atoms with Gasteiger partial charge in [0.2, 0.25) is 0 Å². The molecule has 1 aromatic carbocycles. The molecular weight excluding hydrogens is 362 g/mol. The molecule has 0 bridgehead atoms. The Morgan fingerprint density at radius 2 is 2.08 bits per heavy atom. The van der Waals surface area contributed by atoms with Gasteiger partial charge in [0.1, 0.15) is 17.8 Å². The molecule has 0 aliphatic carbocycles. The van der Waals surface area contributed by atoms with Crippen LogP contribution in [0, 0.1) is 17.0 Å². The number of nitro benzene ring substituents is 1.